The fraction of sp³-hybridized carbons (Fsp3) is 0.250. The summed E-state index contributed by atoms with van der Waals surface area (Å²) < 4.78 is 27.1. The lowest BCUT2D eigenvalue weighted by molar-refractivity contribution is -0.118. The number of nitrogens with zero attached hydrogens (tertiary/aromatic N) is 2. The largest absolute Gasteiger partial charge is 0.497 e. The molecule has 0 saturated carbocycles. The van der Waals surface area contributed by atoms with Crippen molar-refractivity contribution in [3.05, 3.63) is 107 Å². The molecule has 1 heterocycles. The van der Waals surface area contributed by atoms with Gasteiger partial charge in [-0.1, -0.05) is 36.8 Å². The number of carbonyl (C=O) groups excluding carboxylic acids is 1. The van der Waals surface area contributed by atoms with Gasteiger partial charge in [0, 0.05) is 11.0 Å². The van der Waals surface area contributed by atoms with E-state index in [2.05, 4.69) is 10.4 Å². The molecule has 39 heavy (non-hydrogen) atoms. The van der Waals surface area contributed by atoms with Crippen LogP contribution in [0.5, 0.6) is 11.5 Å². The molecule has 6 nitrogen and oxygen atoms in total. The summed E-state index contributed by atoms with van der Waals surface area (Å²) in [6.07, 6.45) is 3.88. The first-order valence-corrected chi connectivity index (χ1v) is 12.5. The molecule has 0 spiro atoms. The summed E-state index contributed by atoms with van der Waals surface area (Å²) in [5.74, 6) is 0.954. The van der Waals surface area contributed by atoms with E-state index in [0.29, 0.717) is 17.9 Å². The Hall–Kier alpha value is -4.39. The predicted octanol–water partition coefficient (Wildman–Crippen LogP) is 7.10. The Morgan fingerprint density at radius 3 is 2.51 bits per heavy atom. The maximum Gasteiger partial charge on any atom is 0.247 e. The normalized spacial score (nSPS) is 14.4. The van der Waals surface area contributed by atoms with Crippen LogP contribution in [-0.2, 0) is 4.79 Å². The smallest absolute Gasteiger partial charge is 0.247 e. The quantitative estimate of drug-likeness (QED) is 0.265. The van der Waals surface area contributed by atoms with Crippen molar-refractivity contribution in [2.24, 2.45) is 0 Å². The van der Waals surface area contributed by atoms with Crippen molar-refractivity contribution in [1.82, 2.24) is 15.1 Å². The number of ether oxygens (including phenoxy) is 2. The van der Waals surface area contributed by atoms with E-state index in [-0.39, 0.29) is 25.2 Å². The first kappa shape index (κ1) is 27.6. The Morgan fingerprint density at radius 1 is 1.05 bits per heavy atom. The zero-order chi connectivity index (χ0) is 26.8. The highest BCUT2D eigenvalue weighted by Crippen LogP contribution is 2.31. The highest BCUT2D eigenvalue weighted by Gasteiger charge is 2.26. The Morgan fingerprint density at radius 2 is 1.82 bits per heavy atom. The number of amides is 1. The van der Waals surface area contributed by atoms with E-state index < -0.39 is 6.10 Å². The molecule has 1 N–H and O–H groups in total. The van der Waals surface area contributed by atoms with Gasteiger partial charge in [-0.25, -0.2) is 9.07 Å². The van der Waals surface area contributed by atoms with Crippen molar-refractivity contribution in [3.63, 3.8) is 0 Å². The molecule has 7 heteroatoms. The maximum atomic E-state index is 13.4. The minimum absolute atomic E-state index is 0. The molecule has 1 aliphatic carbocycles. The second-order valence-electron chi connectivity index (χ2n) is 9.64. The van der Waals surface area contributed by atoms with Crippen molar-refractivity contribution in [2.75, 3.05) is 7.11 Å². The molecular formula is C32H34FN3O3. The van der Waals surface area contributed by atoms with Gasteiger partial charge in [-0.15, -0.1) is 0 Å². The number of halogens is 1. The summed E-state index contributed by atoms with van der Waals surface area (Å²) in [5.41, 5.74) is 5.61. The number of allylic oxidation sites excluding steroid dienone is 3. The molecule has 0 saturated heterocycles. The van der Waals surface area contributed by atoms with Crippen LogP contribution in [-0.4, -0.2) is 28.8 Å². The van der Waals surface area contributed by atoms with Gasteiger partial charge in [-0.05, 0) is 87.4 Å². The maximum absolute atomic E-state index is 13.4. The molecule has 1 aliphatic rings. The number of fused-ring (bicyclic) bond motifs is 1. The van der Waals surface area contributed by atoms with Crippen molar-refractivity contribution in [1.29, 1.82) is 0 Å². The Balaban J connectivity index is 0.00000353. The van der Waals surface area contributed by atoms with Gasteiger partial charge in [0.25, 0.3) is 0 Å². The van der Waals surface area contributed by atoms with Gasteiger partial charge < -0.3 is 14.8 Å². The van der Waals surface area contributed by atoms with E-state index in [1.165, 1.54) is 17.7 Å². The first-order chi connectivity index (χ1) is 18.3. The standard InChI is InChI=1S/C31H30FN3O3.CH4/c1-19-14-23(15-20(19)2)31(36)34-21(3)30(22-6-5-7-27(16-22)37-4)38-28-12-13-29-24(17-28)18-33-35(29)26-10-8-25(32)9-11-26;/h5-14,16-18,21,30H,15H2,1-4H3,(H,34,36);1H4/t21-,30-;/m0./s1. The molecule has 0 fully saturated rings. The minimum Gasteiger partial charge on any atom is -0.497 e. The van der Waals surface area contributed by atoms with Crippen LogP contribution < -0.4 is 14.8 Å². The van der Waals surface area contributed by atoms with Crippen LogP contribution in [0, 0.1) is 5.82 Å². The van der Waals surface area contributed by atoms with E-state index in [1.807, 2.05) is 69.3 Å². The molecule has 2 atom stereocenters. The zero-order valence-corrected chi connectivity index (χ0v) is 21.9. The van der Waals surface area contributed by atoms with Crippen LogP contribution in [0.3, 0.4) is 0 Å². The molecule has 202 valence electrons. The van der Waals surface area contributed by atoms with Gasteiger partial charge in [0.1, 0.15) is 23.4 Å². The van der Waals surface area contributed by atoms with Gasteiger partial charge >= 0.3 is 0 Å². The van der Waals surface area contributed by atoms with Crippen LogP contribution in [0.1, 0.15) is 46.3 Å². The Bertz CT molecular complexity index is 1550. The van der Waals surface area contributed by atoms with Crippen LogP contribution >= 0.6 is 0 Å². The Labute approximate surface area is 228 Å². The molecule has 1 amide bonds. The topological polar surface area (TPSA) is 65.4 Å². The molecular weight excluding hydrogens is 493 g/mol. The summed E-state index contributed by atoms with van der Waals surface area (Å²) in [6, 6.07) is 19.2. The van der Waals surface area contributed by atoms with Gasteiger partial charge in [-0.3, -0.25) is 4.79 Å². The van der Waals surface area contributed by atoms with Gasteiger partial charge in [0.2, 0.25) is 5.91 Å². The van der Waals surface area contributed by atoms with Crippen LogP contribution in [0.25, 0.3) is 16.6 Å². The van der Waals surface area contributed by atoms with Gasteiger partial charge in [0.05, 0.1) is 30.6 Å². The lowest BCUT2D eigenvalue weighted by Crippen LogP contribution is -2.39. The minimum atomic E-state index is -0.476. The highest BCUT2D eigenvalue weighted by atomic mass is 19.1. The van der Waals surface area contributed by atoms with Gasteiger partial charge in [0.15, 0.2) is 0 Å². The summed E-state index contributed by atoms with van der Waals surface area (Å²) in [7, 11) is 1.62. The number of rotatable bonds is 8. The number of methoxy groups -OCH3 is 1. The average molecular weight is 528 g/mol. The van der Waals surface area contributed by atoms with Crippen molar-refractivity contribution in [3.8, 4) is 17.2 Å². The number of nitrogens with one attached hydrogen (secondary N) is 1. The fourth-order valence-electron chi connectivity index (χ4n) is 4.68. The van der Waals surface area contributed by atoms with Crippen molar-refractivity contribution >= 4 is 16.8 Å². The van der Waals surface area contributed by atoms with Crippen molar-refractivity contribution < 1.29 is 18.7 Å². The van der Waals surface area contributed by atoms with Gasteiger partial charge in [-0.2, -0.15) is 5.10 Å². The summed E-state index contributed by atoms with van der Waals surface area (Å²) in [4.78, 5) is 13.1. The SMILES string of the molecule is C.COc1cccc([C@@H](Oc2ccc3c(cnn3-c3ccc(F)cc3)c2)[C@H](C)NC(=O)C2=CC(C)=C(C)C2)c1. The fourth-order valence-corrected chi connectivity index (χ4v) is 4.68. The average Bonchev–Trinajstić information content (AvgIpc) is 3.50. The molecule has 1 aromatic heterocycles. The van der Waals surface area contributed by atoms with E-state index in [0.717, 1.165) is 33.3 Å². The predicted molar refractivity (Wildman–Crippen MR) is 153 cm³/mol. The molecule has 0 unspecified atom stereocenters. The molecule has 5 rings (SSSR count). The third-order valence-corrected chi connectivity index (χ3v) is 6.92. The molecule has 0 bridgehead atoms. The van der Waals surface area contributed by atoms with E-state index in [1.54, 1.807) is 30.1 Å². The second-order valence-corrected chi connectivity index (χ2v) is 9.64. The summed E-state index contributed by atoms with van der Waals surface area (Å²) in [5, 5.41) is 8.50. The van der Waals surface area contributed by atoms with Crippen LogP contribution in [0.2, 0.25) is 0 Å². The number of hydrogen-bond acceptors (Lipinski definition) is 4. The number of hydrogen-bond donors (Lipinski definition) is 1. The third-order valence-electron chi connectivity index (χ3n) is 6.92. The van der Waals surface area contributed by atoms with Crippen LogP contribution in [0.4, 0.5) is 4.39 Å². The number of benzene rings is 3. The Kier molecular flexibility index (Phi) is 8.19. The zero-order valence-electron chi connectivity index (χ0n) is 21.9. The molecule has 0 aliphatic heterocycles. The molecule has 0 radical (unpaired) electrons. The third kappa shape index (κ3) is 5.87. The van der Waals surface area contributed by atoms with Crippen LogP contribution in [0.15, 0.2) is 95.7 Å². The molecule has 4 aromatic rings. The monoisotopic (exact) mass is 527 g/mol. The summed E-state index contributed by atoms with van der Waals surface area (Å²) >= 11 is 0. The first-order valence-electron chi connectivity index (χ1n) is 12.5. The lowest BCUT2D eigenvalue weighted by Gasteiger charge is -2.27. The van der Waals surface area contributed by atoms with E-state index in [4.69, 9.17) is 9.47 Å². The second kappa shape index (κ2) is 11.6. The number of carbonyl (C=O) groups is 1. The molecule has 3 aromatic carbocycles. The van der Waals surface area contributed by atoms with Crippen molar-refractivity contribution in [2.45, 2.75) is 46.8 Å². The van der Waals surface area contributed by atoms with E-state index in [9.17, 15) is 9.18 Å². The highest BCUT2D eigenvalue weighted by molar-refractivity contribution is 5.95. The van der Waals surface area contributed by atoms with E-state index >= 15 is 0 Å². The lowest BCUT2D eigenvalue weighted by atomic mass is 10.0. The summed E-state index contributed by atoms with van der Waals surface area (Å²) in [6.45, 7) is 6.01. The number of aromatic nitrogens is 2.